The fourth-order valence-corrected chi connectivity index (χ4v) is 0.650. The Morgan fingerprint density at radius 2 is 2.17 bits per heavy atom. The monoisotopic (exact) mass is 171 g/mol. The van der Waals surface area contributed by atoms with Gasteiger partial charge in [-0.1, -0.05) is 0 Å². The molecule has 0 aliphatic carbocycles. The number of hydrogen-bond donors (Lipinski definition) is 1. The Kier molecular flexibility index (Phi) is 5.34. The maximum Gasteiger partial charge on any atom is 0.331 e. The first-order valence-electron chi connectivity index (χ1n) is 4.18. The van der Waals surface area contributed by atoms with Crippen molar-refractivity contribution < 1.29 is 4.68 Å². The molecule has 1 atom stereocenters. The standard InChI is InChI=1S/C8H19N4/c1-5-10-7-12(9)6-8(2)11(3)4/h8H,5-6,9H2,1-4H3/q+1. The van der Waals surface area contributed by atoms with Gasteiger partial charge in [0.05, 0.1) is 0 Å². The number of nitrogens with zero attached hydrogens (tertiary/aromatic N) is 3. The maximum absolute atomic E-state index is 5.60. The number of hydrazine groups is 1. The molecule has 4 heteroatoms. The lowest BCUT2D eigenvalue weighted by Gasteiger charge is -2.16. The number of rotatable bonds is 4. The minimum atomic E-state index is 0.412. The zero-order valence-electron chi connectivity index (χ0n) is 8.41. The van der Waals surface area contributed by atoms with Crippen molar-refractivity contribution >= 4 is 6.01 Å². The number of nitrogens with two attached hydrogens (primary N) is 1. The van der Waals surface area contributed by atoms with E-state index in [0.717, 1.165) is 13.1 Å². The summed E-state index contributed by atoms with van der Waals surface area (Å²) in [4.78, 5) is 6.02. The highest BCUT2D eigenvalue weighted by Crippen LogP contribution is 1.88. The van der Waals surface area contributed by atoms with Gasteiger partial charge in [-0.15, -0.1) is 4.68 Å². The first kappa shape index (κ1) is 11.1. The van der Waals surface area contributed by atoms with E-state index >= 15 is 0 Å². The van der Waals surface area contributed by atoms with Crippen molar-refractivity contribution in [2.75, 3.05) is 27.2 Å². The molecule has 0 fully saturated rings. The summed E-state index contributed by atoms with van der Waals surface area (Å²) in [6.07, 6.45) is 0. The van der Waals surface area contributed by atoms with Gasteiger partial charge in [0.2, 0.25) is 0 Å². The number of hydrogen-bond acceptors (Lipinski definition) is 3. The topological polar surface area (TPSA) is 44.6 Å². The minimum Gasteiger partial charge on any atom is -0.303 e. The van der Waals surface area contributed by atoms with Crippen LogP contribution in [0.25, 0.3) is 0 Å². The van der Waals surface area contributed by atoms with Crippen LogP contribution in [-0.4, -0.2) is 48.8 Å². The van der Waals surface area contributed by atoms with Crippen LogP contribution in [0.3, 0.4) is 0 Å². The summed E-state index contributed by atoms with van der Waals surface area (Å²) in [6.45, 7) is 5.53. The molecule has 0 aromatic heterocycles. The molecule has 0 aromatic rings. The van der Waals surface area contributed by atoms with E-state index in [2.05, 4.69) is 22.8 Å². The van der Waals surface area contributed by atoms with E-state index in [9.17, 15) is 0 Å². The van der Waals surface area contributed by atoms with Gasteiger partial charge in [0, 0.05) is 6.04 Å². The SMILES string of the molecule is CCN=C=[N+](N)CC(C)N(C)C. The van der Waals surface area contributed by atoms with Crippen LogP contribution in [0.15, 0.2) is 4.99 Å². The van der Waals surface area contributed by atoms with Crippen LogP contribution >= 0.6 is 0 Å². The minimum absolute atomic E-state index is 0.412. The van der Waals surface area contributed by atoms with Crippen molar-refractivity contribution in [2.24, 2.45) is 10.8 Å². The van der Waals surface area contributed by atoms with Crippen molar-refractivity contribution in [3.05, 3.63) is 0 Å². The molecule has 2 N–H and O–H groups in total. The lowest BCUT2D eigenvalue weighted by atomic mass is 10.3. The molecular formula is C8H19N4+. The number of likely N-dealkylation sites (N-methyl/N-ethyl adjacent to an activating group) is 1. The van der Waals surface area contributed by atoms with Gasteiger partial charge in [-0.3, -0.25) is 5.84 Å². The third-order valence-electron chi connectivity index (χ3n) is 1.70. The largest absolute Gasteiger partial charge is 0.331 e. The molecule has 1 unspecified atom stereocenters. The third kappa shape index (κ3) is 4.88. The van der Waals surface area contributed by atoms with Crippen molar-refractivity contribution in [1.82, 2.24) is 4.90 Å². The summed E-state index contributed by atoms with van der Waals surface area (Å²) in [6, 6.07) is 3.14. The van der Waals surface area contributed by atoms with E-state index in [1.54, 1.807) is 0 Å². The molecule has 12 heavy (non-hydrogen) atoms. The Hall–Kier alpha value is -0.860. The van der Waals surface area contributed by atoms with Gasteiger partial charge in [-0.2, -0.15) is 0 Å². The summed E-state index contributed by atoms with van der Waals surface area (Å²) in [5, 5.41) is 0. The van der Waals surface area contributed by atoms with E-state index in [1.165, 1.54) is 4.68 Å². The van der Waals surface area contributed by atoms with Crippen LogP contribution in [0.4, 0.5) is 0 Å². The molecule has 0 amide bonds. The zero-order valence-corrected chi connectivity index (χ0v) is 8.41. The first-order valence-corrected chi connectivity index (χ1v) is 4.18. The number of hydrazone groups is 1. The molecule has 0 radical (unpaired) electrons. The van der Waals surface area contributed by atoms with Crippen molar-refractivity contribution in [2.45, 2.75) is 19.9 Å². The van der Waals surface area contributed by atoms with Gasteiger partial charge in [0.1, 0.15) is 13.1 Å². The second-order valence-corrected chi connectivity index (χ2v) is 3.04. The second kappa shape index (κ2) is 5.75. The predicted octanol–water partition coefficient (Wildman–Crippen LogP) is 0.0165. The van der Waals surface area contributed by atoms with Crippen LogP contribution in [0.1, 0.15) is 13.8 Å². The Bertz CT molecular complexity index is 179. The van der Waals surface area contributed by atoms with Gasteiger partial charge in [-0.05, 0) is 32.9 Å². The van der Waals surface area contributed by atoms with Crippen molar-refractivity contribution in [3.63, 3.8) is 0 Å². The molecule has 4 nitrogen and oxygen atoms in total. The lowest BCUT2D eigenvalue weighted by molar-refractivity contribution is -0.538. The van der Waals surface area contributed by atoms with E-state index in [0.29, 0.717) is 6.04 Å². The zero-order chi connectivity index (χ0) is 9.56. The fraction of sp³-hybridized carbons (Fsp3) is 0.875. The smallest absolute Gasteiger partial charge is 0.303 e. The summed E-state index contributed by atoms with van der Waals surface area (Å²) in [5.74, 6) is 5.60. The third-order valence-corrected chi connectivity index (χ3v) is 1.70. The second-order valence-electron chi connectivity index (χ2n) is 3.04. The van der Waals surface area contributed by atoms with Crippen molar-refractivity contribution in [3.8, 4) is 0 Å². The molecule has 0 bridgehead atoms. The van der Waals surface area contributed by atoms with Gasteiger partial charge in [0.15, 0.2) is 0 Å². The van der Waals surface area contributed by atoms with E-state index in [-0.39, 0.29) is 0 Å². The van der Waals surface area contributed by atoms with Crippen LogP contribution in [0.2, 0.25) is 0 Å². The molecule has 70 valence electrons. The maximum atomic E-state index is 5.60. The molecule has 0 aromatic carbocycles. The number of aliphatic imine (C=N–C) groups is 1. The van der Waals surface area contributed by atoms with Crippen LogP contribution in [0.5, 0.6) is 0 Å². The van der Waals surface area contributed by atoms with E-state index in [4.69, 9.17) is 5.84 Å². The molecule has 0 aliphatic heterocycles. The average molecular weight is 171 g/mol. The van der Waals surface area contributed by atoms with E-state index < -0.39 is 0 Å². The normalized spacial score (nSPS) is 12.4. The highest BCUT2D eigenvalue weighted by atomic mass is 15.3. The Balaban J connectivity index is 4.00. The van der Waals surface area contributed by atoms with Crippen LogP contribution < -0.4 is 5.84 Å². The highest BCUT2D eigenvalue weighted by Gasteiger charge is 2.07. The average Bonchev–Trinajstić information content (AvgIpc) is 2.00. The van der Waals surface area contributed by atoms with Gasteiger partial charge < -0.3 is 4.90 Å². The fourth-order valence-electron chi connectivity index (χ4n) is 0.650. The van der Waals surface area contributed by atoms with Crippen molar-refractivity contribution in [1.29, 1.82) is 0 Å². The summed E-state index contributed by atoms with van der Waals surface area (Å²) < 4.78 is 1.49. The molecule has 0 aliphatic rings. The van der Waals surface area contributed by atoms with Crippen LogP contribution in [-0.2, 0) is 0 Å². The van der Waals surface area contributed by atoms with Crippen LogP contribution in [0, 0.1) is 0 Å². The lowest BCUT2D eigenvalue weighted by Crippen LogP contribution is -2.36. The predicted molar refractivity (Wildman–Crippen MR) is 50.4 cm³/mol. The molecule has 0 rings (SSSR count). The van der Waals surface area contributed by atoms with Gasteiger partial charge in [-0.25, -0.2) is 0 Å². The molecule has 0 saturated carbocycles. The van der Waals surface area contributed by atoms with Gasteiger partial charge in [0.25, 0.3) is 0 Å². The summed E-state index contributed by atoms with van der Waals surface area (Å²) >= 11 is 0. The quantitative estimate of drug-likeness (QED) is 0.280. The summed E-state index contributed by atoms with van der Waals surface area (Å²) in [5.41, 5.74) is 0. The van der Waals surface area contributed by atoms with Gasteiger partial charge >= 0.3 is 6.01 Å². The molecule has 0 saturated heterocycles. The first-order chi connectivity index (χ1) is 5.57. The summed E-state index contributed by atoms with van der Waals surface area (Å²) in [7, 11) is 4.05. The Morgan fingerprint density at radius 3 is 2.58 bits per heavy atom. The highest BCUT2D eigenvalue weighted by molar-refractivity contribution is 5.33. The molecule has 0 heterocycles. The van der Waals surface area contributed by atoms with E-state index in [1.807, 2.05) is 21.0 Å². The Labute approximate surface area is 74.4 Å². The molecule has 0 spiro atoms. The Morgan fingerprint density at radius 1 is 1.58 bits per heavy atom. The molecular weight excluding hydrogens is 152 g/mol.